The van der Waals surface area contributed by atoms with Gasteiger partial charge >= 0.3 is 0 Å². The van der Waals surface area contributed by atoms with Crippen LogP contribution < -0.4 is 0 Å². The molecule has 3 rings (SSSR count). The van der Waals surface area contributed by atoms with Gasteiger partial charge in [0.15, 0.2) is 11.6 Å². The number of ketones is 2. The summed E-state index contributed by atoms with van der Waals surface area (Å²) in [4.78, 5) is 24.7. The fraction of sp³-hybridized carbons (Fsp3) is 0.0667. The van der Waals surface area contributed by atoms with Crippen LogP contribution in [-0.4, -0.2) is 11.6 Å². The standard InChI is InChI=1S/C15H9ClO2/c1-8-6-7-11-12(13(8)16)15(18)10-5-3-2-4-9(10)14(11)17/h2-7H,1H3. The zero-order valence-electron chi connectivity index (χ0n) is 9.66. The third-order valence-corrected chi connectivity index (χ3v) is 3.71. The smallest absolute Gasteiger partial charge is 0.196 e. The first-order chi connectivity index (χ1) is 8.61. The molecule has 0 fully saturated rings. The van der Waals surface area contributed by atoms with E-state index in [0.29, 0.717) is 27.3 Å². The topological polar surface area (TPSA) is 34.1 Å². The fourth-order valence-corrected chi connectivity index (χ4v) is 2.50. The van der Waals surface area contributed by atoms with Crippen LogP contribution in [0.2, 0.25) is 5.02 Å². The van der Waals surface area contributed by atoms with Crippen molar-refractivity contribution in [3.8, 4) is 0 Å². The van der Waals surface area contributed by atoms with Crippen LogP contribution in [0.1, 0.15) is 37.4 Å². The van der Waals surface area contributed by atoms with Crippen LogP contribution in [0.4, 0.5) is 0 Å². The molecule has 0 saturated carbocycles. The van der Waals surface area contributed by atoms with Gasteiger partial charge in [-0.25, -0.2) is 0 Å². The van der Waals surface area contributed by atoms with Crippen LogP contribution in [0.15, 0.2) is 36.4 Å². The minimum absolute atomic E-state index is 0.137. The van der Waals surface area contributed by atoms with E-state index in [9.17, 15) is 9.59 Å². The highest BCUT2D eigenvalue weighted by Crippen LogP contribution is 2.33. The van der Waals surface area contributed by atoms with Gasteiger partial charge in [0, 0.05) is 16.7 Å². The Bertz CT molecular complexity index is 702. The minimum Gasteiger partial charge on any atom is -0.289 e. The van der Waals surface area contributed by atoms with E-state index in [-0.39, 0.29) is 11.6 Å². The Hall–Kier alpha value is -1.93. The molecule has 0 bridgehead atoms. The molecule has 0 atom stereocenters. The molecule has 88 valence electrons. The number of hydrogen-bond donors (Lipinski definition) is 0. The summed E-state index contributed by atoms with van der Waals surface area (Å²) < 4.78 is 0. The van der Waals surface area contributed by atoms with Gasteiger partial charge in [0.05, 0.1) is 10.6 Å². The summed E-state index contributed by atoms with van der Waals surface area (Å²) in [5.74, 6) is -0.309. The first-order valence-electron chi connectivity index (χ1n) is 5.59. The summed E-state index contributed by atoms with van der Waals surface area (Å²) >= 11 is 6.16. The van der Waals surface area contributed by atoms with Crippen LogP contribution >= 0.6 is 11.6 Å². The maximum atomic E-state index is 12.4. The molecule has 0 aromatic heterocycles. The monoisotopic (exact) mass is 256 g/mol. The maximum absolute atomic E-state index is 12.4. The van der Waals surface area contributed by atoms with Crippen LogP contribution in [0.25, 0.3) is 0 Å². The Kier molecular flexibility index (Phi) is 2.35. The van der Waals surface area contributed by atoms with Gasteiger partial charge in [-0.15, -0.1) is 0 Å². The lowest BCUT2D eigenvalue weighted by Gasteiger charge is -2.19. The molecule has 18 heavy (non-hydrogen) atoms. The van der Waals surface area contributed by atoms with Crippen LogP contribution in [0, 0.1) is 6.92 Å². The van der Waals surface area contributed by atoms with Crippen LogP contribution in [0.5, 0.6) is 0 Å². The number of benzene rings is 2. The lowest BCUT2D eigenvalue weighted by molar-refractivity contribution is 0.0979. The van der Waals surface area contributed by atoms with Gasteiger partial charge in [-0.3, -0.25) is 9.59 Å². The molecule has 1 aliphatic carbocycles. The van der Waals surface area contributed by atoms with Gasteiger partial charge in [0.2, 0.25) is 0 Å². The second kappa shape index (κ2) is 3.79. The van der Waals surface area contributed by atoms with Gasteiger partial charge in [-0.2, -0.15) is 0 Å². The van der Waals surface area contributed by atoms with E-state index in [1.807, 2.05) is 6.92 Å². The van der Waals surface area contributed by atoms with E-state index < -0.39 is 0 Å². The molecular weight excluding hydrogens is 248 g/mol. The second-order valence-electron chi connectivity index (χ2n) is 4.32. The molecule has 0 saturated heterocycles. The van der Waals surface area contributed by atoms with Crippen LogP contribution in [0.3, 0.4) is 0 Å². The summed E-state index contributed by atoms with van der Waals surface area (Å²) in [6, 6.07) is 10.3. The predicted octanol–water partition coefficient (Wildman–Crippen LogP) is 3.42. The number of carbonyl (C=O) groups is 2. The van der Waals surface area contributed by atoms with Gasteiger partial charge < -0.3 is 0 Å². The van der Waals surface area contributed by atoms with E-state index in [0.717, 1.165) is 5.56 Å². The first kappa shape index (κ1) is 11.2. The van der Waals surface area contributed by atoms with Crippen molar-refractivity contribution >= 4 is 23.2 Å². The van der Waals surface area contributed by atoms with Crippen molar-refractivity contribution in [3.05, 3.63) is 69.2 Å². The van der Waals surface area contributed by atoms with E-state index >= 15 is 0 Å². The van der Waals surface area contributed by atoms with Crippen molar-refractivity contribution in [2.45, 2.75) is 6.92 Å². The molecule has 0 amide bonds. The molecule has 2 nitrogen and oxygen atoms in total. The highest BCUT2D eigenvalue weighted by molar-refractivity contribution is 6.39. The van der Waals surface area contributed by atoms with Crippen molar-refractivity contribution in [1.29, 1.82) is 0 Å². The molecule has 0 spiro atoms. The van der Waals surface area contributed by atoms with Gasteiger partial charge in [0.25, 0.3) is 0 Å². The molecule has 2 aromatic rings. The Morgan fingerprint density at radius 2 is 1.44 bits per heavy atom. The third-order valence-electron chi connectivity index (χ3n) is 3.22. The van der Waals surface area contributed by atoms with Crippen molar-refractivity contribution in [2.24, 2.45) is 0 Å². The second-order valence-corrected chi connectivity index (χ2v) is 4.70. The third kappa shape index (κ3) is 1.36. The average Bonchev–Trinajstić information content (AvgIpc) is 2.39. The van der Waals surface area contributed by atoms with Crippen molar-refractivity contribution in [3.63, 3.8) is 0 Å². The number of hydrogen-bond acceptors (Lipinski definition) is 2. The summed E-state index contributed by atoms with van der Waals surface area (Å²) in [6.45, 7) is 1.82. The fourth-order valence-electron chi connectivity index (χ4n) is 2.25. The molecule has 3 heteroatoms. The highest BCUT2D eigenvalue weighted by atomic mass is 35.5. The molecule has 0 radical (unpaired) electrons. The average molecular weight is 257 g/mol. The molecule has 0 unspecified atom stereocenters. The maximum Gasteiger partial charge on any atom is 0.196 e. The number of halogens is 1. The lowest BCUT2D eigenvalue weighted by Crippen LogP contribution is -2.21. The Balaban J connectivity index is 2.38. The van der Waals surface area contributed by atoms with Crippen molar-refractivity contribution < 1.29 is 9.59 Å². The summed E-state index contributed by atoms with van der Waals surface area (Å²) in [5.41, 5.74) is 2.42. The molecule has 0 heterocycles. The highest BCUT2D eigenvalue weighted by Gasteiger charge is 2.31. The molecule has 2 aromatic carbocycles. The van der Waals surface area contributed by atoms with Gasteiger partial charge in [0.1, 0.15) is 0 Å². The molecule has 1 aliphatic rings. The molecule has 0 N–H and O–H groups in total. The summed E-state index contributed by atoms with van der Waals surface area (Å²) in [7, 11) is 0. The SMILES string of the molecule is Cc1ccc2c(c1Cl)C(=O)c1ccccc1C2=O. The quantitative estimate of drug-likeness (QED) is 0.618. The predicted molar refractivity (Wildman–Crippen MR) is 69.5 cm³/mol. The lowest BCUT2D eigenvalue weighted by atomic mass is 9.83. The zero-order chi connectivity index (χ0) is 12.9. The van der Waals surface area contributed by atoms with Crippen molar-refractivity contribution in [1.82, 2.24) is 0 Å². The Morgan fingerprint density at radius 1 is 0.833 bits per heavy atom. The van der Waals surface area contributed by atoms with Crippen LogP contribution in [-0.2, 0) is 0 Å². The Morgan fingerprint density at radius 3 is 2.11 bits per heavy atom. The largest absolute Gasteiger partial charge is 0.289 e. The van der Waals surface area contributed by atoms with E-state index in [4.69, 9.17) is 11.6 Å². The number of carbonyl (C=O) groups excluding carboxylic acids is 2. The van der Waals surface area contributed by atoms with Crippen molar-refractivity contribution in [2.75, 3.05) is 0 Å². The van der Waals surface area contributed by atoms with E-state index in [1.54, 1.807) is 36.4 Å². The zero-order valence-corrected chi connectivity index (χ0v) is 10.4. The Labute approximate surface area is 109 Å². The molecule has 0 aliphatic heterocycles. The number of aryl methyl sites for hydroxylation is 1. The summed E-state index contributed by atoms with van der Waals surface area (Å²) in [6.07, 6.45) is 0. The van der Waals surface area contributed by atoms with Gasteiger partial charge in [-0.1, -0.05) is 41.9 Å². The summed E-state index contributed by atoms with van der Waals surface area (Å²) in [5, 5.41) is 0.375. The number of fused-ring (bicyclic) bond motifs is 2. The molecular formula is C15H9ClO2. The first-order valence-corrected chi connectivity index (χ1v) is 5.96. The van der Waals surface area contributed by atoms with E-state index in [2.05, 4.69) is 0 Å². The van der Waals surface area contributed by atoms with E-state index in [1.165, 1.54) is 0 Å². The normalized spacial score (nSPS) is 13.2. The number of rotatable bonds is 0. The minimum atomic E-state index is -0.172. The van der Waals surface area contributed by atoms with Gasteiger partial charge in [-0.05, 0) is 18.6 Å².